The van der Waals surface area contributed by atoms with Crippen molar-refractivity contribution in [2.24, 2.45) is 11.3 Å². The Balaban J connectivity index is 1.59. The molecule has 0 saturated heterocycles. The molecule has 2 rings (SSSR count). The first kappa shape index (κ1) is 10.5. The summed E-state index contributed by atoms with van der Waals surface area (Å²) in [6, 6.07) is 0. The molecule has 2 aliphatic rings. The minimum atomic E-state index is 0.685. The smallest absolute Gasteiger partial charge is 0.000528 e. The van der Waals surface area contributed by atoms with Crippen molar-refractivity contribution in [1.29, 1.82) is 0 Å². The summed E-state index contributed by atoms with van der Waals surface area (Å²) in [5.74, 6) is 0.986. The SMILES string of the molecule is CC1(CNCC2CCCCCC2)CC1. The molecule has 1 heteroatoms. The largest absolute Gasteiger partial charge is 0.316 e. The van der Waals surface area contributed by atoms with Gasteiger partial charge in [0.2, 0.25) is 0 Å². The Bertz CT molecular complexity index is 164. The molecule has 82 valence electrons. The van der Waals surface area contributed by atoms with Gasteiger partial charge in [0.15, 0.2) is 0 Å². The summed E-state index contributed by atoms with van der Waals surface area (Å²) >= 11 is 0. The quantitative estimate of drug-likeness (QED) is 0.678. The number of rotatable bonds is 4. The van der Waals surface area contributed by atoms with Crippen molar-refractivity contribution in [3.05, 3.63) is 0 Å². The molecule has 0 bridgehead atoms. The highest BCUT2D eigenvalue weighted by Crippen LogP contribution is 2.44. The summed E-state index contributed by atoms with van der Waals surface area (Å²) in [4.78, 5) is 0. The second-order valence-corrected chi connectivity index (χ2v) is 5.80. The molecular formula is C13H25N. The van der Waals surface area contributed by atoms with E-state index in [2.05, 4.69) is 12.2 Å². The Morgan fingerprint density at radius 1 is 1.07 bits per heavy atom. The number of hydrogen-bond donors (Lipinski definition) is 1. The van der Waals surface area contributed by atoms with Gasteiger partial charge in [-0.2, -0.15) is 0 Å². The van der Waals surface area contributed by atoms with Gasteiger partial charge in [0.25, 0.3) is 0 Å². The molecule has 0 aromatic rings. The third-order valence-corrected chi connectivity index (χ3v) is 4.06. The van der Waals surface area contributed by atoms with Crippen molar-refractivity contribution in [2.75, 3.05) is 13.1 Å². The molecule has 1 N–H and O–H groups in total. The van der Waals surface area contributed by atoms with E-state index in [9.17, 15) is 0 Å². The van der Waals surface area contributed by atoms with Gasteiger partial charge < -0.3 is 5.32 Å². The molecule has 2 saturated carbocycles. The van der Waals surface area contributed by atoms with Crippen LogP contribution in [0.4, 0.5) is 0 Å². The summed E-state index contributed by atoms with van der Waals surface area (Å²) in [7, 11) is 0. The average Bonchev–Trinajstić information content (AvgIpc) is 2.92. The number of hydrogen-bond acceptors (Lipinski definition) is 1. The van der Waals surface area contributed by atoms with E-state index in [-0.39, 0.29) is 0 Å². The lowest BCUT2D eigenvalue weighted by molar-refractivity contribution is 0.397. The summed E-state index contributed by atoms with van der Waals surface area (Å²) < 4.78 is 0. The minimum Gasteiger partial charge on any atom is -0.316 e. The van der Waals surface area contributed by atoms with Crippen molar-refractivity contribution in [2.45, 2.75) is 58.3 Å². The molecule has 0 atom stereocenters. The van der Waals surface area contributed by atoms with Crippen LogP contribution in [0, 0.1) is 11.3 Å². The molecule has 2 fully saturated rings. The Kier molecular flexibility index (Phi) is 3.48. The molecule has 0 heterocycles. The predicted molar refractivity (Wildman–Crippen MR) is 61.4 cm³/mol. The topological polar surface area (TPSA) is 12.0 Å². The molecule has 1 nitrogen and oxygen atoms in total. The molecule has 0 aromatic carbocycles. The van der Waals surface area contributed by atoms with Gasteiger partial charge in [-0.1, -0.05) is 32.6 Å². The van der Waals surface area contributed by atoms with Crippen LogP contribution in [0.25, 0.3) is 0 Å². The van der Waals surface area contributed by atoms with E-state index < -0.39 is 0 Å². The summed E-state index contributed by atoms with van der Waals surface area (Å²) in [5, 5.41) is 3.69. The van der Waals surface area contributed by atoms with E-state index in [4.69, 9.17) is 0 Å². The Morgan fingerprint density at radius 2 is 1.71 bits per heavy atom. The van der Waals surface area contributed by atoms with Crippen LogP contribution in [-0.4, -0.2) is 13.1 Å². The molecule has 14 heavy (non-hydrogen) atoms. The van der Waals surface area contributed by atoms with E-state index in [0.29, 0.717) is 5.41 Å². The first-order valence-electron chi connectivity index (χ1n) is 6.49. The van der Waals surface area contributed by atoms with E-state index in [0.717, 1.165) is 5.92 Å². The maximum absolute atomic E-state index is 3.69. The summed E-state index contributed by atoms with van der Waals surface area (Å²) in [6.07, 6.45) is 11.8. The van der Waals surface area contributed by atoms with Gasteiger partial charge in [0, 0.05) is 6.54 Å². The van der Waals surface area contributed by atoms with Crippen LogP contribution in [0.1, 0.15) is 58.3 Å². The number of nitrogens with one attached hydrogen (secondary N) is 1. The molecule has 0 aliphatic heterocycles. The monoisotopic (exact) mass is 195 g/mol. The average molecular weight is 195 g/mol. The van der Waals surface area contributed by atoms with Crippen LogP contribution in [0.2, 0.25) is 0 Å². The van der Waals surface area contributed by atoms with Crippen LogP contribution in [0.15, 0.2) is 0 Å². The van der Waals surface area contributed by atoms with Crippen molar-refractivity contribution in [3.63, 3.8) is 0 Å². The highest BCUT2D eigenvalue weighted by Gasteiger charge is 2.36. The second kappa shape index (κ2) is 4.65. The Labute approximate surface area is 88.7 Å². The van der Waals surface area contributed by atoms with Gasteiger partial charge in [-0.15, -0.1) is 0 Å². The van der Waals surface area contributed by atoms with Crippen molar-refractivity contribution in [3.8, 4) is 0 Å². The first-order valence-corrected chi connectivity index (χ1v) is 6.49. The fourth-order valence-electron chi connectivity index (χ4n) is 2.54. The predicted octanol–water partition coefficient (Wildman–Crippen LogP) is 3.35. The van der Waals surface area contributed by atoms with Gasteiger partial charge in [-0.05, 0) is 43.6 Å². The standard InChI is InChI=1S/C13H25N/c1-13(8-9-13)11-14-10-12-6-4-2-3-5-7-12/h12,14H,2-11H2,1H3. The zero-order chi connectivity index (χ0) is 9.86. The van der Waals surface area contributed by atoms with Crippen LogP contribution in [0.5, 0.6) is 0 Å². The molecule has 0 amide bonds. The second-order valence-electron chi connectivity index (χ2n) is 5.80. The van der Waals surface area contributed by atoms with Gasteiger partial charge in [0.05, 0.1) is 0 Å². The zero-order valence-corrected chi connectivity index (χ0v) is 9.65. The van der Waals surface area contributed by atoms with Crippen LogP contribution in [0.3, 0.4) is 0 Å². The maximum Gasteiger partial charge on any atom is 0.000528 e. The molecule has 0 spiro atoms. The lowest BCUT2D eigenvalue weighted by atomic mass is 10.00. The fourth-order valence-corrected chi connectivity index (χ4v) is 2.54. The first-order chi connectivity index (χ1) is 6.79. The van der Waals surface area contributed by atoms with E-state index in [1.807, 2.05) is 0 Å². The van der Waals surface area contributed by atoms with Gasteiger partial charge in [0.1, 0.15) is 0 Å². The molecule has 0 aromatic heterocycles. The van der Waals surface area contributed by atoms with Crippen molar-refractivity contribution < 1.29 is 0 Å². The highest BCUT2D eigenvalue weighted by atomic mass is 14.9. The zero-order valence-electron chi connectivity index (χ0n) is 9.65. The third kappa shape index (κ3) is 3.27. The Morgan fingerprint density at radius 3 is 2.29 bits per heavy atom. The van der Waals surface area contributed by atoms with Gasteiger partial charge in [-0.3, -0.25) is 0 Å². The van der Waals surface area contributed by atoms with Crippen molar-refractivity contribution >= 4 is 0 Å². The minimum absolute atomic E-state index is 0.685. The molecular weight excluding hydrogens is 170 g/mol. The van der Waals surface area contributed by atoms with E-state index in [1.165, 1.54) is 64.5 Å². The van der Waals surface area contributed by atoms with Crippen LogP contribution >= 0.6 is 0 Å². The third-order valence-electron chi connectivity index (χ3n) is 4.06. The van der Waals surface area contributed by atoms with Crippen LogP contribution in [-0.2, 0) is 0 Å². The summed E-state index contributed by atoms with van der Waals surface area (Å²) in [5.41, 5.74) is 0.685. The summed E-state index contributed by atoms with van der Waals surface area (Å²) in [6.45, 7) is 4.96. The van der Waals surface area contributed by atoms with E-state index >= 15 is 0 Å². The van der Waals surface area contributed by atoms with Gasteiger partial charge >= 0.3 is 0 Å². The Hall–Kier alpha value is -0.0400. The lowest BCUT2D eigenvalue weighted by Crippen LogP contribution is -2.27. The van der Waals surface area contributed by atoms with Gasteiger partial charge in [-0.25, -0.2) is 0 Å². The van der Waals surface area contributed by atoms with Crippen molar-refractivity contribution in [1.82, 2.24) is 5.32 Å². The molecule has 0 radical (unpaired) electrons. The van der Waals surface area contributed by atoms with Crippen LogP contribution < -0.4 is 5.32 Å². The maximum atomic E-state index is 3.69. The molecule has 0 unspecified atom stereocenters. The highest BCUT2D eigenvalue weighted by molar-refractivity contribution is 4.90. The molecule has 2 aliphatic carbocycles. The fraction of sp³-hybridized carbons (Fsp3) is 1.00. The lowest BCUT2D eigenvalue weighted by Gasteiger charge is -2.16. The van der Waals surface area contributed by atoms with E-state index in [1.54, 1.807) is 0 Å². The normalized spacial score (nSPS) is 27.2.